The summed E-state index contributed by atoms with van der Waals surface area (Å²) in [6, 6.07) is 0. The Kier molecular flexibility index (Phi) is 19.0. The standard InChI is InChI=1S/C60H96O29/c1-23-44(85-51-43(74)46(36(67)28(21-63)82-51)86-50-42(73)45(77-9)35(66)27(20-62)81-50)39(70)41(72)48(79-23)87-47-37(68)29(83-49-40(71)38(69)34(65)26(19-61)80-49)22-78-52(47)84-32-13-15-56(6)25-18-31(64)60-53(75)89-58(8,33-12-14-54(2,3)88-33)59(60,76)17-16-57(60,7)24(25)10-11-30(56)55(32,4)5/h18,23-24,26-52,61-74,76H,10-17,19-22H2,1-9H3. The number of rotatable bonds is 15. The van der Waals surface area contributed by atoms with Crippen LogP contribution in [0.5, 0.6) is 0 Å². The van der Waals surface area contributed by atoms with Crippen LogP contribution in [-0.2, 0) is 66.4 Å². The fourth-order valence-electron chi connectivity index (χ4n) is 18.2. The summed E-state index contributed by atoms with van der Waals surface area (Å²) in [7, 11) is 1.18. The van der Waals surface area contributed by atoms with Gasteiger partial charge in [-0.25, -0.2) is 0 Å². The zero-order valence-electron chi connectivity index (χ0n) is 51.7. The van der Waals surface area contributed by atoms with E-state index in [0.29, 0.717) is 44.9 Å². The van der Waals surface area contributed by atoms with Crippen LogP contribution in [0.1, 0.15) is 107 Å². The van der Waals surface area contributed by atoms with E-state index in [-0.39, 0.29) is 18.3 Å². The highest BCUT2D eigenvalue weighted by atomic mass is 16.8. The molecule has 0 aromatic heterocycles. The molecule has 0 bridgehead atoms. The number of esters is 1. The van der Waals surface area contributed by atoms with Crippen molar-refractivity contribution in [3.8, 4) is 0 Å². The molecule has 89 heavy (non-hydrogen) atoms. The normalized spacial score (nSPS) is 55.4. The average molecular weight is 1280 g/mol. The molecule has 0 aromatic rings. The van der Waals surface area contributed by atoms with Crippen LogP contribution >= 0.6 is 0 Å². The van der Waals surface area contributed by atoms with E-state index in [0.717, 1.165) is 5.57 Å². The molecule has 29 nitrogen and oxygen atoms in total. The van der Waals surface area contributed by atoms with Gasteiger partial charge in [-0.05, 0) is 107 Å². The number of hydrogen-bond acceptors (Lipinski definition) is 29. The minimum Gasteiger partial charge on any atom is -0.453 e. The summed E-state index contributed by atoms with van der Waals surface area (Å²) in [5.41, 5.74) is -6.52. The van der Waals surface area contributed by atoms with Gasteiger partial charge in [0.1, 0.15) is 127 Å². The first kappa shape index (κ1) is 68.5. The third kappa shape index (κ3) is 10.6. The fourth-order valence-corrected chi connectivity index (χ4v) is 18.2. The van der Waals surface area contributed by atoms with Crippen LogP contribution in [0.3, 0.4) is 0 Å². The van der Waals surface area contributed by atoms with Gasteiger partial charge in [-0.3, -0.25) is 4.79 Å². The van der Waals surface area contributed by atoms with Crippen LogP contribution in [-0.4, -0.2) is 299 Å². The number of hydrogen-bond donors (Lipinski definition) is 15. The fraction of sp³-hybridized carbons (Fsp3) is 0.950. The molecule has 510 valence electrons. The molecule has 7 aliphatic heterocycles. The monoisotopic (exact) mass is 1280 g/mol. The molecule has 3 saturated carbocycles. The van der Waals surface area contributed by atoms with Crippen molar-refractivity contribution in [1.29, 1.82) is 0 Å². The van der Waals surface area contributed by atoms with Gasteiger partial charge in [-0.2, -0.15) is 0 Å². The Morgan fingerprint density at radius 1 is 0.551 bits per heavy atom. The predicted molar refractivity (Wildman–Crippen MR) is 295 cm³/mol. The summed E-state index contributed by atoms with van der Waals surface area (Å²) >= 11 is 0. The van der Waals surface area contributed by atoms with Crippen molar-refractivity contribution < 1.29 is 143 Å². The van der Waals surface area contributed by atoms with Crippen molar-refractivity contribution in [3.05, 3.63) is 11.6 Å². The van der Waals surface area contributed by atoms with E-state index in [4.69, 9.17) is 61.6 Å². The highest BCUT2D eigenvalue weighted by Crippen LogP contribution is 2.77. The van der Waals surface area contributed by atoms with Gasteiger partial charge in [0.15, 0.2) is 37.1 Å². The highest BCUT2D eigenvalue weighted by molar-refractivity contribution is 5.86. The maximum Gasteiger partial charge on any atom is 0.319 e. The van der Waals surface area contributed by atoms with E-state index < -0.39 is 237 Å². The molecular formula is C60H96O29. The van der Waals surface area contributed by atoms with Crippen LogP contribution in [0.15, 0.2) is 11.6 Å². The van der Waals surface area contributed by atoms with Gasteiger partial charge in [-0.1, -0.05) is 39.3 Å². The first-order valence-corrected chi connectivity index (χ1v) is 31.5. The molecule has 1 spiro atoms. The van der Waals surface area contributed by atoms with Crippen molar-refractivity contribution in [2.45, 2.75) is 289 Å². The van der Waals surface area contributed by atoms with E-state index in [9.17, 15) is 81.4 Å². The number of allylic oxidation sites excluding steroid dienone is 1. The van der Waals surface area contributed by atoms with Crippen LogP contribution in [0.2, 0.25) is 0 Å². The van der Waals surface area contributed by atoms with Gasteiger partial charge in [0.05, 0.1) is 50.3 Å². The second-order valence-electron chi connectivity index (χ2n) is 28.8. The summed E-state index contributed by atoms with van der Waals surface area (Å²) in [6.45, 7) is 12.6. The summed E-state index contributed by atoms with van der Waals surface area (Å²) in [4.78, 5) is 14.8. The Hall–Kier alpha value is -1.87. The highest BCUT2D eigenvalue weighted by Gasteiger charge is 2.87. The lowest BCUT2D eigenvalue weighted by atomic mass is 9.40. The number of carbonyl (C=O) groups excluding carboxylic acids is 1. The topological polar surface area (TPSA) is 441 Å². The number of cyclic esters (lactones) is 1. The van der Waals surface area contributed by atoms with Gasteiger partial charge in [0.2, 0.25) is 0 Å². The van der Waals surface area contributed by atoms with Crippen LogP contribution in [0, 0.1) is 33.5 Å². The van der Waals surface area contributed by atoms with Gasteiger partial charge in [-0.15, -0.1) is 0 Å². The van der Waals surface area contributed by atoms with E-state index in [2.05, 4.69) is 20.8 Å². The smallest absolute Gasteiger partial charge is 0.319 e. The molecule has 34 unspecified atom stereocenters. The molecule has 4 aliphatic carbocycles. The second kappa shape index (κ2) is 24.6. The molecule has 0 radical (unpaired) electrons. The number of aliphatic hydroxyl groups excluding tert-OH is 14. The van der Waals surface area contributed by atoms with E-state index >= 15 is 0 Å². The lowest BCUT2D eigenvalue weighted by Gasteiger charge is -2.64. The van der Waals surface area contributed by atoms with Crippen molar-refractivity contribution in [2.24, 2.45) is 33.5 Å². The first-order chi connectivity index (χ1) is 41.7. The maximum absolute atomic E-state index is 14.8. The third-order valence-corrected chi connectivity index (χ3v) is 23.3. The molecule has 11 rings (SSSR count). The minimum absolute atomic E-state index is 0.129. The van der Waals surface area contributed by atoms with Crippen LogP contribution < -0.4 is 0 Å². The Balaban J connectivity index is 0.823. The molecule has 34 atom stereocenters. The number of aliphatic hydroxyl groups is 15. The lowest BCUT2D eigenvalue weighted by Crippen LogP contribution is -2.69. The summed E-state index contributed by atoms with van der Waals surface area (Å²) in [5.74, 6) is -0.973. The quantitative estimate of drug-likeness (QED) is 0.0419. The third-order valence-electron chi connectivity index (χ3n) is 23.3. The minimum atomic E-state index is -2.04. The Bertz CT molecular complexity index is 2540. The molecule has 7 saturated heterocycles. The van der Waals surface area contributed by atoms with Gasteiger partial charge >= 0.3 is 5.97 Å². The largest absolute Gasteiger partial charge is 0.453 e. The molecule has 15 N–H and O–H groups in total. The number of fused-ring (bicyclic) bond motifs is 4. The summed E-state index contributed by atoms with van der Waals surface area (Å²) in [5, 5.41) is 169. The molecule has 10 fully saturated rings. The summed E-state index contributed by atoms with van der Waals surface area (Å²) in [6.07, 6.45) is -37.0. The molecule has 0 aromatic carbocycles. The van der Waals surface area contributed by atoms with E-state index in [1.54, 1.807) is 6.92 Å². The lowest BCUT2D eigenvalue weighted by molar-refractivity contribution is -0.394. The SMILES string of the molecule is COC1C(O)C(CO)OC(OC2C(O)C(CO)OC(OC3C(C)OC(OC4C(OC5CCC6(C)C7=CC(O)C89C(=O)OC(C)(C%10CCC(C)(C)O%10)C8(O)CCC9(C)C7CCC6C5(C)C)OCC(OC5OC(CO)C(O)C(O)C5O)C4O)C(O)C3O)C2O)C1O. The molecule has 0 amide bonds. The van der Waals surface area contributed by atoms with Crippen molar-refractivity contribution in [3.63, 3.8) is 0 Å². The van der Waals surface area contributed by atoms with Crippen molar-refractivity contribution >= 4 is 5.97 Å². The summed E-state index contributed by atoms with van der Waals surface area (Å²) < 4.78 is 78.7. The zero-order valence-corrected chi connectivity index (χ0v) is 51.7. The number of ether oxygens (including phenoxy) is 13. The molecule has 7 heterocycles. The Morgan fingerprint density at radius 2 is 1.11 bits per heavy atom. The van der Waals surface area contributed by atoms with Crippen molar-refractivity contribution in [2.75, 3.05) is 33.5 Å². The van der Waals surface area contributed by atoms with Crippen LogP contribution in [0.4, 0.5) is 0 Å². The van der Waals surface area contributed by atoms with Gasteiger partial charge in [0, 0.05) is 7.11 Å². The molecular weight excluding hydrogens is 1180 g/mol. The second-order valence-corrected chi connectivity index (χ2v) is 28.8. The number of carbonyl (C=O) groups is 1. The van der Waals surface area contributed by atoms with E-state index in [1.807, 2.05) is 26.8 Å². The van der Waals surface area contributed by atoms with Crippen LogP contribution in [0.25, 0.3) is 0 Å². The average Bonchev–Trinajstić information content (AvgIpc) is 1.50. The van der Waals surface area contributed by atoms with Crippen molar-refractivity contribution in [1.82, 2.24) is 0 Å². The van der Waals surface area contributed by atoms with Gasteiger partial charge in [0.25, 0.3) is 0 Å². The Morgan fingerprint density at radius 3 is 1.72 bits per heavy atom. The molecule has 11 aliphatic rings. The first-order valence-electron chi connectivity index (χ1n) is 31.5. The molecule has 29 heteroatoms. The zero-order chi connectivity index (χ0) is 64.8. The Labute approximate surface area is 515 Å². The number of methoxy groups -OCH3 is 1. The maximum atomic E-state index is 14.8. The van der Waals surface area contributed by atoms with E-state index in [1.165, 1.54) is 14.0 Å². The predicted octanol–water partition coefficient (Wildman–Crippen LogP) is -4.27. The van der Waals surface area contributed by atoms with Gasteiger partial charge < -0.3 is 138 Å².